The van der Waals surface area contributed by atoms with Crippen molar-refractivity contribution >= 4 is 17.3 Å². The van der Waals surface area contributed by atoms with Crippen LogP contribution in [0.3, 0.4) is 0 Å². The lowest BCUT2D eigenvalue weighted by Crippen LogP contribution is -2.42. The van der Waals surface area contributed by atoms with Gasteiger partial charge in [-0.1, -0.05) is 13.8 Å². The van der Waals surface area contributed by atoms with Gasteiger partial charge >= 0.3 is 0 Å². The van der Waals surface area contributed by atoms with Crippen molar-refractivity contribution in [1.82, 2.24) is 4.90 Å². The van der Waals surface area contributed by atoms with Gasteiger partial charge in [0.05, 0.1) is 24.5 Å². The molecular weight excluding hydrogens is 254 g/mol. The van der Waals surface area contributed by atoms with Crippen molar-refractivity contribution in [2.24, 2.45) is 0 Å². The molecule has 0 spiro atoms. The van der Waals surface area contributed by atoms with Crippen LogP contribution in [0.4, 0.5) is 11.4 Å². The standard InChI is InChI=1S/C15H25N3O2/c1-5-9-18(6-2)11(3)15(19)17-14-8-7-12(20-4)10-13(14)16/h7-8,10-11H,5-6,9,16H2,1-4H3,(H,17,19). The number of nitrogens with zero attached hydrogens (tertiary/aromatic N) is 1. The Morgan fingerprint density at radius 1 is 1.45 bits per heavy atom. The lowest BCUT2D eigenvalue weighted by atomic mass is 10.2. The molecule has 5 nitrogen and oxygen atoms in total. The van der Waals surface area contributed by atoms with Gasteiger partial charge in [-0.2, -0.15) is 0 Å². The van der Waals surface area contributed by atoms with Gasteiger partial charge in [-0.05, 0) is 38.6 Å². The van der Waals surface area contributed by atoms with Crippen molar-refractivity contribution < 1.29 is 9.53 Å². The maximum Gasteiger partial charge on any atom is 0.241 e. The smallest absolute Gasteiger partial charge is 0.241 e. The molecule has 0 radical (unpaired) electrons. The SMILES string of the molecule is CCCN(CC)C(C)C(=O)Nc1ccc(OC)cc1N. The first kappa shape index (κ1) is 16.3. The second kappa shape index (κ2) is 7.75. The number of nitrogen functional groups attached to an aromatic ring is 1. The van der Waals surface area contributed by atoms with Crippen LogP contribution in [0.5, 0.6) is 5.75 Å². The molecule has 1 unspecified atom stereocenters. The lowest BCUT2D eigenvalue weighted by molar-refractivity contribution is -0.120. The Bertz CT molecular complexity index is 449. The molecule has 0 saturated carbocycles. The summed E-state index contributed by atoms with van der Waals surface area (Å²) in [6.45, 7) is 7.83. The molecule has 0 aliphatic heterocycles. The third kappa shape index (κ3) is 4.13. The predicted molar refractivity (Wildman–Crippen MR) is 83.0 cm³/mol. The first-order valence-electron chi connectivity index (χ1n) is 7.01. The number of hydrogen-bond acceptors (Lipinski definition) is 4. The van der Waals surface area contributed by atoms with Gasteiger partial charge in [0.15, 0.2) is 0 Å². The van der Waals surface area contributed by atoms with E-state index in [0.29, 0.717) is 17.1 Å². The minimum absolute atomic E-state index is 0.0443. The molecule has 0 fully saturated rings. The fourth-order valence-corrected chi connectivity index (χ4v) is 2.10. The zero-order valence-electron chi connectivity index (χ0n) is 12.8. The van der Waals surface area contributed by atoms with E-state index < -0.39 is 0 Å². The highest BCUT2D eigenvalue weighted by Gasteiger charge is 2.19. The Kier molecular flexibility index (Phi) is 6.31. The summed E-state index contributed by atoms with van der Waals surface area (Å²) in [6.07, 6.45) is 1.02. The second-order valence-electron chi connectivity index (χ2n) is 4.75. The van der Waals surface area contributed by atoms with Gasteiger partial charge in [0, 0.05) is 6.07 Å². The lowest BCUT2D eigenvalue weighted by Gasteiger charge is -2.26. The summed E-state index contributed by atoms with van der Waals surface area (Å²) in [5.74, 6) is 0.631. The second-order valence-corrected chi connectivity index (χ2v) is 4.75. The first-order valence-corrected chi connectivity index (χ1v) is 7.01. The Labute approximate surface area is 121 Å². The number of carbonyl (C=O) groups is 1. The zero-order chi connectivity index (χ0) is 15.1. The molecule has 1 atom stereocenters. The van der Waals surface area contributed by atoms with Crippen molar-refractivity contribution in [2.75, 3.05) is 31.2 Å². The summed E-state index contributed by atoms with van der Waals surface area (Å²) in [5, 5.41) is 2.87. The van der Waals surface area contributed by atoms with Gasteiger partial charge in [-0.25, -0.2) is 0 Å². The fourth-order valence-electron chi connectivity index (χ4n) is 2.10. The number of nitrogens with one attached hydrogen (secondary N) is 1. The van der Waals surface area contributed by atoms with Crippen LogP contribution in [0.25, 0.3) is 0 Å². The summed E-state index contributed by atoms with van der Waals surface area (Å²) in [5.41, 5.74) is 7.03. The quantitative estimate of drug-likeness (QED) is 0.752. The number of carbonyl (C=O) groups excluding carboxylic acids is 1. The molecule has 3 N–H and O–H groups in total. The number of ether oxygens (including phenoxy) is 1. The monoisotopic (exact) mass is 279 g/mol. The average molecular weight is 279 g/mol. The third-order valence-corrected chi connectivity index (χ3v) is 3.36. The van der Waals surface area contributed by atoms with Crippen LogP contribution in [0.1, 0.15) is 27.2 Å². The van der Waals surface area contributed by atoms with E-state index in [2.05, 4.69) is 24.1 Å². The largest absolute Gasteiger partial charge is 0.497 e. The average Bonchev–Trinajstić information content (AvgIpc) is 2.45. The molecule has 0 heterocycles. The topological polar surface area (TPSA) is 67.6 Å². The van der Waals surface area contributed by atoms with E-state index in [-0.39, 0.29) is 11.9 Å². The van der Waals surface area contributed by atoms with Crippen molar-refractivity contribution in [2.45, 2.75) is 33.2 Å². The van der Waals surface area contributed by atoms with Gasteiger partial charge < -0.3 is 15.8 Å². The summed E-state index contributed by atoms with van der Waals surface area (Å²) in [6, 6.07) is 5.06. The van der Waals surface area contributed by atoms with Crippen molar-refractivity contribution in [1.29, 1.82) is 0 Å². The van der Waals surface area contributed by atoms with E-state index in [1.807, 2.05) is 6.92 Å². The van der Waals surface area contributed by atoms with Crippen LogP contribution >= 0.6 is 0 Å². The van der Waals surface area contributed by atoms with Gasteiger partial charge in [-0.3, -0.25) is 9.69 Å². The molecule has 5 heteroatoms. The van der Waals surface area contributed by atoms with Crippen molar-refractivity contribution in [3.63, 3.8) is 0 Å². The Hall–Kier alpha value is -1.75. The van der Waals surface area contributed by atoms with Crippen LogP contribution in [0.2, 0.25) is 0 Å². The molecule has 0 bridgehead atoms. The molecule has 1 aromatic carbocycles. The Morgan fingerprint density at radius 3 is 2.65 bits per heavy atom. The highest BCUT2D eigenvalue weighted by atomic mass is 16.5. The van der Waals surface area contributed by atoms with Crippen molar-refractivity contribution in [3.05, 3.63) is 18.2 Å². The molecule has 0 saturated heterocycles. The first-order chi connectivity index (χ1) is 9.53. The van der Waals surface area contributed by atoms with Gasteiger partial charge in [0.25, 0.3) is 0 Å². The van der Waals surface area contributed by atoms with Crippen LogP contribution in [-0.2, 0) is 4.79 Å². The minimum Gasteiger partial charge on any atom is -0.497 e. The molecule has 0 aromatic heterocycles. The number of likely N-dealkylation sites (N-methyl/N-ethyl adjacent to an activating group) is 1. The summed E-state index contributed by atoms with van der Waals surface area (Å²) >= 11 is 0. The molecular formula is C15H25N3O2. The van der Waals surface area contributed by atoms with Gasteiger partial charge in [0.1, 0.15) is 5.75 Å². The number of rotatable bonds is 7. The minimum atomic E-state index is -0.179. The van der Waals surface area contributed by atoms with Crippen LogP contribution < -0.4 is 15.8 Å². The zero-order valence-corrected chi connectivity index (χ0v) is 12.8. The summed E-state index contributed by atoms with van der Waals surface area (Å²) < 4.78 is 5.09. The molecule has 112 valence electrons. The maximum absolute atomic E-state index is 12.3. The van der Waals surface area contributed by atoms with E-state index >= 15 is 0 Å². The third-order valence-electron chi connectivity index (χ3n) is 3.36. The molecule has 20 heavy (non-hydrogen) atoms. The highest BCUT2D eigenvalue weighted by molar-refractivity contribution is 5.97. The predicted octanol–water partition coefficient (Wildman–Crippen LogP) is 2.34. The highest BCUT2D eigenvalue weighted by Crippen LogP contribution is 2.24. The number of methoxy groups -OCH3 is 1. The van der Waals surface area contributed by atoms with Crippen LogP contribution in [0, 0.1) is 0 Å². The van der Waals surface area contributed by atoms with Crippen LogP contribution in [0.15, 0.2) is 18.2 Å². The van der Waals surface area contributed by atoms with E-state index in [0.717, 1.165) is 19.5 Å². The molecule has 1 aromatic rings. The van der Waals surface area contributed by atoms with Gasteiger partial charge in [-0.15, -0.1) is 0 Å². The van der Waals surface area contributed by atoms with E-state index in [1.54, 1.807) is 25.3 Å². The fraction of sp³-hybridized carbons (Fsp3) is 0.533. The molecule has 1 rings (SSSR count). The Balaban J connectivity index is 2.74. The molecule has 1 amide bonds. The number of hydrogen-bond donors (Lipinski definition) is 2. The number of amides is 1. The summed E-state index contributed by atoms with van der Waals surface area (Å²) in [7, 11) is 1.58. The number of benzene rings is 1. The molecule has 0 aliphatic rings. The summed E-state index contributed by atoms with van der Waals surface area (Å²) in [4.78, 5) is 14.4. The van der Waals surface area contributed by atoms with E-state index in [4.69, 9.17) is 10.5 Å². The number of nitrogens with two attached hydrogens (primary N) is 1. The Morgan fingerprint density at radius 2 is 2.15 bits per heavy atom. The van der Waals surface area contributed by atoms with Gasteiger partial charge in [0.2, 0.25) is 5.91 Å². The van der Waals surface area contributed by atoms with Crippen LogP contribution in [-0.4, -0.2) is 37.0 Å². The molecule has 0 aliphatic carbocycles. The number of anilines is 2. The maximum atomic E-state index is 12.3. The van der Waals surface area contributed by atoms with Crippen molar-refractivity contribution in [3.8, 4) is 5.75 Å². The normalized spacial score (nSPS) is 12.2. The van der Waals surface area contributed by atoms with E-state index in [1.165, 1.54) is 0 Å². The van der Waals surface area contributed by atoms with E-state index in [9.17, 15) is 4.79 Å².